The summed E-state index contributed by atoms with van der Waals surface area (Å²) in [7, 11) is 0. The Morgan fingerprint density at radius 1 is 1.31 bits per heavy atom. The summed E-state index contributed by atoms with van der Waals surface area (Å²) in [6.45, 7) is 4.33. The van der Waals surface area contributed by atoms with Crippen LogP contribution in [0.25, 0.3) is 0 Å². The van der Waals surface area contributed by atoms with Gasteiger partial charge < -0.3 is 5.32 Å². The van der Waals surface area contributed by atoms with Crippen LogP contribution < -0.4 is 5.32 Å². The molecule has 0 amide bonds. The van der Waals surface area contributed by atoms with Gasteiger partial charge in [0.2, 0.25) is 0 Å². The highest BCUT2D eigenvalue weighted by atomic mass is 32.1. The van der Waals surface area contributed by atoms with E-state index in [1.54, 1.807) is 11.3 Å². The fraction of sp³-hybridized carbons (Fsp3) is 0.308. The predicted molar refractivity (Wildman–Crippen MR) is 70.0 cm³/mol. The second kappa shape index (κ2) is 5.12. The van der Waals surface area contributed by atoms with Crippen molar-refractivity contribution in [2.24, 2.45) is 0 Å². The van der Waals surface area contributed by atoms with Gasteiger partial charge in [0.05, 0.1) is 6.04 Å². The van der Waals surface area contributed by atoms with Crippen molar-refractivity contribution in [1.29, 1.82) is 0 Å². The van der Waals surface area contributed by atoms with Crippen molar-refractivity contribution >= 4 is 16.5 Å². The zero-order valence-electron chi connectivity index (χ0n) is 9.60. The number of hydrogen-bond acceptors (Lipinski definition) is 3. The number of benzene rings is 1. The topological polar surface area (TPSA) is 24.9 Å². The average molecular weight is 232 g/mol. The molecule has 1 aromatic carbocycles. The standard InChI is InChI=1S/C13H16N2S/c1-3-11-4-6-12(7-5-11)10(2)15-13-14-8-9-16-13/h4-10H,3H2,1-2H3,(H,14,15). The van der Waals surface area contributed by atoms with Gasteiger partial charge in [0, 0.05) is 11.6 Å². The van der Waals surface area contributed by atoms with Crippen LogP contribution in [0, 0.1) is 0 Å². The molecule has 0 aliphatic rings. The quantitative estimate of drug-likeness (QED) is 0.865. The Bertz CT molecular complexity index is 420. The van der Waals surface area contributed by atoms with Crippen LogP contribution in [0.5, 0.6) is 0 Å². The molecule has 2 nitrogen and oxygen atoms in total. The summed E-state index contributed by atoms with van der Waals surface area (Å²) < 4.78 is 0. The maximum Gasteiger partial charge on any atom is 0.183 e. The van der Waals surface area contributed by atoms with Crippen LogP contribution in [0.2, 0.25) is 0 Å². The van der Waals surface area contributed by atoms with Gasteiger partial charge in [-0.2, -0.15) is 0 Å². The van der Waals surface area contributed by atoms with Gasteiger partial charge in [-0.25, -0.2) is 4.98 Å². The first kappa shape index (κ1) is 11.1. The molecule has 1 aromatic heterocycles. The van der Waals surface area contributed by atoms with Gasteiger partial charge in [-0.3, -0.25) is 0 Å². The fourth-order valence-corrected chi connectivity index (χ4v) is 2.22. The summed E-state index contributed by atoms with van der Waals surface area (Å²) in [5.74, 6) is 0. The van der Waals surface area contributed by atoms with E-state index in [9.17, 15) is 0 Å². The van der Waals surface area contributed by atoms with Gasteiger partial charge in [0.25, 0.3) is 0 Å². The van der Waals surface area contributed by atoms with E-state index >= 15 is 0 Å². The highest BCUT2D eigenvalue weighted by Gasteiger charge is 2.05. The number of hydrogen-bond donors (Lipinski definition) is 1. The molecule has 0 radical (unpaired) electrons. The molecule has 84 valence electrons. The molecule has 2 rings (SSSR count). The van der Waals surface area contributed by atoms with Crippen LogP contribution in [0.15, 0.2) is 35.8 Å². The molecule has 1 heterocycles. The number of nitrogens with one attached hydrogen (secondary N) is 1. The van der Waals surface area contributed by atoms with E-state index in [4.69, 9.17) is 0 Å². The minimum absolute atomic E-state index is 0.303. The lowest BCUT2D eigenvalue weighted by atomic mass is 10.1. The average Bonchev–Trinajstić information content (AvgIpc) is 2.82. The predicted octanol–water partition coefficient (Wildman–Crippen LogP) is 3.88. The summed E-state index contributed by atoms with van der Waals surface area (Å²) in [6, 6.07) is 9.05. The number of rotatable bonds is 4. The summed E-state index contributed by atoms with van der Waals surface area (Å²) in [6.07, 6.45) is 2.91. The molecular formula is C13H16N2S. The molecule has 0 bridgehead atoms. The lowest BCUT2D eigenvalue weighted by Gasteiger charge is -2.13. The molecule has 0 aliphatic carbocycles. The Balaban J connectivity index is 2.05. The summed E-state index contributed by atoms with van der Waals surface area (Å²) in [5, 5.41) is 6.34. The van der Waals surface area contributed by atoms with Crippen LogP contribution in [-0.2, 0) is 6.42 Å². The maximum absolute atomic E-state index is 4.22. The van der Waals surface area contributed by atoms with Gasteiger partial charge >= 0.3 is 0 Å². The molecule has 3 heteroatoms. The summed E-state index contributed by atoms with van der Waals surface area (Å²) in [4.78, 5) is 4.22. The van der Waals surface area contributed by atoms with E-state index < -0.39 is 0 Å². The second-order valence-electron chi connectivity index (χ2n) is 3.80. The molecule has 0 fully saturated rings. The van der Waals surface area contributed by atoms with Gasteiger partial charge in [-0.05, 0) is 24.5 Å². The van der Waals surface area contributed by atoms with E-state index in [0.717, 1.165) is 11.6 Å². The van der Waals surface area contributed by atoms with Gasteiger partial charge in [0.15, 0.2) is 5.13 Å². The molecular weight excluding hydrogens is 216 g/mol. The Morgan fingerprint density at radius 2 is 2.06 bits per heavy atom. The fourth-order valence-electron chi connectivity index (χ4n) is 1.61. The Morgan fingerprint density at radius 3 is 2.62 bits per heavy atom. The van der Waals surface area contributed by atoms with Crippen molar-refractivity contribution in [1.82, 2.24) is 4.98 Å². The lowest BCUT2D eigenvalue weighted by molar-refractivity contribution is 0.880. The molecule has 1 atom stereocenters. The van der Waals surface area contributed by atoms with E-state index in [1.165, 1.54) is 11.1 Å². The van der Waals surface area contributed by atoms with E-state index in [-0.39, 0.29) is 0 Å². The molecule has 0 saturated carbocycles. The third-order valence-electron chi connectivity index (χ3n) is 2.66. The molecule has 16 heavy (non-hydrogen) atoms. The van der Waals surface area contributed by atoms with Crippen LogP contribution in [0.3, 0.4) is 0 Å². The first-order chi connectivity index (χ1) is 7.79. The minimum Gasteiger partial charge on any atom is -0.355 e. The van der Waals surface area contributed by atoms with Gasteiger partial charge in [-0.15, -0.1) is 11.3 Å². The maximum atomic E-state index is 4.22. The Labute approximate surface area is 100 Å². The first-order valence-corrected chi connectivity index (χ1v) is 6.42. The van der Waals surface area contributed by atoms with E-state index in [2.05, 4.69) is 48.4 Å². The molecule has 0 spiro atoms. The lowest BCUT2D eigenvalue weighted by Crippen LogP contribution is -2.06. The van der Waals surface area contributed by atoms with Crippen LogP contribution in [0.1, 0.15) is 31.0 Å². The van der Waals surface area contributed by atoms with Crippen LogP contribution in [-0.4, -0.2) is 4.98 Å². The molecule has 1 N–H and O–H groups in total. The number of aryl methyl sites for hydroxylation is 1. The number of aromatic nitrogens is 1. The summed E-state index contributed by atoms with van der Waals surface area (Å²) >= 11 is 1.63. The highest BCUT2D eigenvalue weighted by Crippen LogP contribution is 2.20. The smallest absolute Gasteiger partial charge is 0.183 e. The van der Waals surface area contributed by atoms with Gasteiger partial charge in [0.1, 0.15) is 0 Å². The van der Waals surface area contributed by atoms with Crippen molar-refractivity contribution in [2.45, 2.75) is 26.3 Å². The van der Waals surface area contributed by atoms with Gasteiger partial charge in [-0.1, -0.05) is 31.2 Å². The van der Waals surface area contributed by atoms with Crippen molar-refractivity contribution in [3.8, 4) is 0 Å². The third kappa shape index (κ3) is 2.61. The molecule has 1 unspecified atom stereocenters. The molecule has 0 aliphatic heterocycles. The zero-order valence-corrected chi connectivity index (χ0v) is 10.4. The number of nitrogens with zero attached hydrogens (tertiary/aromatic N) is 1. The van der Waals surface area contributed by atoms with E-state index in [1.807, 2.05) is 11.6 Å². The largest absolute Gasteiger partial charge is 0.355 e. The molecule has 2 aromatic rings. The minimum atomic E-state index is 0.303. The third-order valence-corrected chi connectivity index (χ3v) is 3.36. The van der Waals surface area contributed by atoms with Crippen molar-refractivity contribution in [3.63, 3.8) is 0 Å². The zero-order chi connectivity index (χ0) is 11.4. The normalized spacial score (nSPS) is 12.4. The SMILES string of the molecule is CCc1ccc(C(C)Nc2nccs2)cc1. The molecule has 0 saturated heterocycles. The monoisotopic (exact) mass is 232 g/mol. The van der Waals surface area contributed by atoms with Crippen LogP contribution >= 0.6 is 11.3 Å². The Hall–Kier alpha value is -1.35. The Kier molecular flexibility index (Phi) is 3.57. The second-order valence-corrected chi connectivity index (χ2v) is 4.69. The van der Waals surface area contributed by atoms with Crippen LogP contribution in [0.4, 0.5) is 5.13 Å². The van der Waals surface area contributed by atoms with E-state index in [0.29, 0.717) is 6.04 Å². The number of anilines is 1. The van der Waals surface area contributed by atoms with Crippen molar-refractivity contribution < 1.29 is 0 Å². The number of thiazole rings is 1. The highest BCUT2D eigenvalue weighted by molar-refractivity contribution is 7.13. The summed E-state index contributed by atoms with van der Waals surface area (Å²) in [5.41, 5.74) is 2.68. The van der Waals surface area contributed by atoms with Crippen molar-refractivity contribution in [2.75, 3.05) is 5.32 Å². The van der Waals surface area contributed by atoms with Crippen molar-refractivity contribution in [3.05, 3.63) is 47.0 Å². The first-order valence-electron chi connectivity index (χ1n) is 5.54.